The number of aromatic nitrogens is 6. The van der Waals surface area contributed by atoms with Crippen molar-refractivity contribution in [2.75, 3.05) is 38.7 Å². The van der Waals surface area contributed by atoms with E-state index in [1.807, 2.05) is 0 Å². The van der Waals surface area contributed by atoms with E-state index in [0.29, 0.717) is 40.9 Å². The van der Waals surface area contributed by atoms with Crippen molar-refractivity contribution in [1.82, 2.24) is 34.5 Å². The van der Waals surface area contributed by atoms with Gasteiger partial charge in [0.2, 0.25) is 11.8 Å². The Kier molecular flexibility index (Phi) is 5.49. The first-order chi connectivity index (χ1) is 17.6. The van der Waals surface area contributed by atoms with E-state index in [0.717, 1.165) is 11.6 Å². The monoisotopic (exact) mass is 520 g/mol. The number of rotatable bonds is 7. The maximum Gasteiger partial charge on any atom is 0.281 e. The van der Waals surface area contributed by atoms with Gasteiger partial charge in [-0.05, 0) is 23.8 Å². The van der Waals surface area contributed by atoms with Gasteiger partial charge in [-0.2, -0.15) is 4.98 Å². The second kappa shape index (κ2) is 8.52. The van der Waals surface area contributed by atoms with Gasteiger partial charge in [-0.25, -0.2) is 26.8 Å². The highest BCUT2D eigenvalue weighted by Crippen LogP contribution is 2.35. The van der Waals surface area contributed by atoms with Gasteiger partial charge in [0, 0.05) is 25.2 Å². The number of nitrogens with one attached hydrogen (secondary N) is 1. The van der Waals surface area contributed by atoms with Crippen LogP contribution in [-0.4, -0.2) is 91.8 Å². The van der Waals surface area contributed by atoms with Gasteiger partial charge in [-0.1, -0.05) is 11.3 Å². The molecule has 0 unspecified atom stereocenters. The Hall–Kier alpha value is -3.52. The Balaban J connectivity index is 1.33. The zero-order valence-electron chi connectivity index (χ0n) is 20.0. The van der Waals surface area contributed by atoms with Crippen LogP contribution >= 0.6 is 0 Å². The van der Waals surface area contributed by atoms with Crippen LogP contribution in [0.5, 0.6) is 5.88 Å². The van der Waals surface area contributed by atoms with Gasteiger partial charge in [0.1, 0.15) is 23.6 Å². The molecule has 1 N–H and O–H groups in total. The summed E-state index contributed by atoms with van der Waals surface area (Å²) in [5, 5.41) is 15.0. The van der Waals surface area contributed by atoms with Crippen molar-refractivity contribution in [2.24, 2.45) is 0 Å². The molecule has 0 spiro atoms. The topological polar surface area (TPSA) is 94.6 Å². The smallest absolute Gasteiger partial charge is 0.281 e. The van der Waals surface area contributed by atoms with Crippen LogP contribution in [0, 0.1) is 0 Å². The molecule has 2 fully saturated rings. The Bertz CT molecular complexity index is 1460. The van der Waals surface area contributed by atoms with E-state index >= 15 is 0 Å². The van der Waals surface area contributed by atoms with Crippen LogP contribution in [0.1, 0.15) is 6.92 Å². The maximum absolute atomic E-state index is 14.7. The first kappa shape index (κ1) is 23.9. The van der Waals surface area contributed by atoms with E-state index in [2.05, 4.69) is 25.7 Å². The minimum atomic E-state index is -2.97. The SMILES string of the molecule is COc1nc(N[C@@H]2CN(C3COC3)CC2(F)F)nn2ccc(-c3ccc4nnn(CC(C)(F)F)c4c3)c12. The fourth-order valence-corrected chi connectivity index (χ4v) is 4.77. The van der Waals surface area contributed by atoms with Crippen molar-refractivity contribution in [3.63, 3.8) is 0 Å². The Morgan fingerprint density at radius 1 is 1.24 bits per heavy atom. The molecule has 0 amide bonds. The second-order valence-electron chi connectivity index (χ2n) is 9.57. The summed E-state index contributed by atoms with van der Waals surface area (Å²) in [4.78, 5) is 6.08. The lowest BCUT2D eigenvalue weighted by molar-refractivity contribution is -0.0711. The molecule has 0 bridgehead atoms. The van der Waals surface area contributed by atoms with Crippen LogP contribution in [-0.2, 0) is 11.3 Å². The van der Waals surface area contributed by atoms with Crippen molar-refractivity contribution in [3.8, 4) is 17.0 Å². The maximum atomic E-state index is 14.7. The molecule has 0 aliphatic carbocycles. The number of halogens is 4. The summed E-state index contributed by atoms with van der Waals surface area (Å²) < 4.78 is 70.0. The summed E-state index contributed by atoms with van der Waals surface area (Å²) >= 11 is 0. The number of nitrogens with zero attached hydrogens (tertiary/aromatic N) is 7. The highest BCUT2D eigenvalue weighted by molar-refractivity contribution is 5.89. The van der Waals surface area contributed by atoms with Gasteiger partial charge < -0.3 is 14.8 Å². The normalized spacial score (nSPS) is 20.5. The number of methoxy groups -OCH3 is 1. The van der Waals surface area contributed by atoms with E-state index in [9.17, 15) is 17.6 Å². The fraction of sp³-hybridized carbons (Fsp3) is 0.478. The van der Waals surface area contributed by atoms with E-state index < -0.39 is 24.4 Å². The summed E-state index contributed by atoms with van der Waals surface area (Å²) in [6.45, 7) is 0.898. The molecular formula is C23H24F4N8O2. The largest absolute Gasteiger partial charge is 0.479 e. The standard InChI is InChI=1S/C23H24F4N8O2/c1-22(24,25)11-35-17-7-13(3-4-16(17)30-32-35)15-5-6-34-19(15)20(36-2)29-21(31-34)28-18-8-33(12-23(18,26)27)14-9-37-10-14/h3-7,14,18H,8-12H2,1-2H3,(H,28,31)/t18-/m1/s1. The van der Waals surface area contributed by atoms with Crippen molar-refractivity contribution in [2.45, 2.75) is 37.4 Å². The fourth-order valence-electron chi connectivity index (χ4n) is 4.77. The molecule has 37 heavy (non-hydrogen) atoms. The number of ether oxygens (including phenoxy) is 2. The summed E-state index contributed by atoms with van der Waals surface area (Å²) in [7, 11) is 1.43. The quantitative estimate of drug-likeness (QED) is 0.372. The van der Waals surface area contributed by atoms with Gasteiger partial charge in [0.05, 0.1) is 38.4 Å². The van der Waals surface area contributed by atoms with Crippen LogP contribution in [0.4, 0.5) is 23.5 Å². The Morgan fingerprint density at radius 3 is 2.76 bits per heavy atom. The molecule has 14 heteroatoms. The molecule has 1 atom stereocenters. The van der Waals surface area contributed by atoms with E-state index in [1.165, 1.54) is 11.6 Å². The van der Waals surface area contributed by atoms with E-state index in [4.69, 9.17) is 9.47 Å². The average Bonchev–Trinajstić information content (AvgIpc) is 3.46. The van der Waals surface area contributed by atoms with Gasteiger partial charge in [-0.15, -0.1) is 10.2 Å². The number of benzene rings is 1. The summed E-state index contributed by atoms with van der Waals surface area (Å²) in [5.74, 6) is -5.75. The van der Waals surface area contributed by atoms with Crippen molar-refractivity contribution >= 4 is 22.5 Å². The zero-order chi connectivity index (χ0) is 25.9. The lowest BCUT2D eigenvalue weighted by Crippen LogP contribution is -2.48. The third kappa shape index (κ3) is 4.33. The van der Waals surface area contributed by atoms with Crippen LogP contribution in [0.2, 0.25) is 0 Å². The predicted molar refractivity (Wildman–Crippen MR) is 125 cm³/mol. The van der Waals surface area contributed by atoms with Crippen molar-refractivity contribution < 1.29 is 27.0 Å². The summed E-state index contributed by atoms with van der Waals surface area (Å²) in [6, 6.07) is 5.77. The second-order valence-corrected chi connectivity index (χ2v) is 9.57. The minimum Gasteiger partial charge on any atom is -0.479 e. The summed E-state index contributed by atoms with van der Waals surface area (Å²) in [5.41, 5.74) is 2.77. The first-order valence-electron chi connectivity index (χ1n) is 11.7. The van der Waals surface area contributed by atoms with Gasteiger partial charge in [0.25, 0.3) is 11.8 Å². The number of alkyl halides is 4. The first-order valence-corrected chi connectivity index (χ1v) is 11.7. The molecule has 10 nitrogen and oxygen atoms in total. The van der Waals surface area contributed by atoms with E-state index in [-0.39, 0.29) is 31.0 Å². The molecule has 0 radical (unpaired) electrons. The highest BCUT2D eigenvalue weighted by atomic mass is 19.3. The molecule has 1 aromatic carbocycles. The molecule has 2 aliphatic rings. The van der Waals surface area contributed by atoms with Gasteiger partial charge in [-0.3, -0.25) is 4.90 Å². The van der Waals surface area contributed by atoms with Crippen molar-refractivity contribution in [1.29, 1.82) is 0 Å². The Labute approximate surface area is 208 Å². The van der Waals surface area contributed by atoms with Crippen LogP contribution in [0.25, 0.3) is 27.7 Å². The molecule has 2 saturated heterocycles. The molecule has 4 aromatic rings. The molecule has 0 saturated carbocycles. The summed E-state index contributed by atoms with van der Waals surface area (Å²) in [6.07, 6.45) is 1.66. The number of fused-ring (bicyclic) bond motifs is 2. The third-order valence-electron chi connectivity index (χ3n) is 6.71. The van der Waals surface area contributed by atoms with Crippen LogP contribution < -0.4 is 10.1 Å². The molecule has 2 aliphatic heterocycles. The molecule has 196 valence electrons. The number of hydrogen-bond donors (Lipinski definition) is 1. The molecule has 5 heterocycles. The third-order valence-corrected chi connectivity index (χ3v) is 6.71. The van der Waals surface area contributed by atoms with Crippen LogP contribution in [0.15, 0.2) is 30.5 Å². The zero-order valence-corrected chi connectivity index (χ0v) is 20.0. The molecule has 3 aromatic heterocycles. The number of likely N-dealkylation sites (tertiary alicyclic amines) is 1. The van der Waals surface area contributed by atoms with Gasteiger partial charge >= 0.3 is 0 Å². The lowest BCUT2D eigenvalue weighted by atomic mass is 10.1. The van der Waals surface area contributed by atoms with Crippen LogP contribution in [0.3, 0.4) is 0 Å². The minimum absolute atomic E-state index is 0.00462. The number of hydrogen-bond acceptors (Lipinski definition) is 8. The highest BCUT2D eigenvalue weighted by Gasteiger charge is 2.51. The lowest BCUT2D eigenvalue weighted by Gasteiger charge is -2.34. The predicted octanol–water partition coefficient (Wildman–Crippen LogP) is 2.94. The van der Waals surface area contributed by atoms with Crippen molar-refractivity contribution in [3.05, 3.63) is 30.5 Å². The Morgan fingerprint density at radius 2 is 2.05 bits per heavy atom. The molecule has 6 rings (SSSR count). The van der Waals surface area contributed by atoms with E-state index in [1.54, 1.807) is 35.4 Å². The average molecular weight is 520 g/mol. The molecular weight excluding hydrogens is 496 g/mol. The van der Waals surface area contributed by atoms with Gasteiger partial charge in [0.15, 0.2) is 0 Å². The number of anilines is 1.